The molecule has 0 bridgehead atoms. The van der Waals surface area contributed by atoms with Gasteiger partial charge in [-0.15, -0.1) is 0 Å². The molecule has 0 aromatic heterocycles. The van der Waals surface area contributed by atoms with Crippen LogP contribution in [0.5, 0.6) is 0 Å². The van der Waals surface area contributed by atoms with Crippen LogP contribution in [0.15, 0.2) is 29.8 Å². The van der Waals surface area contributed by atoms with E-state index in [0.717, 1.165) is 19.3 Å². The van der Waals surface area contributed by atoms with Gasteiger partial charge in [-0.3, -0.25) is 9.59 Å². The fourth-order valence-electron chi connectivity index (χ4n) is 2.76. The highest BCUT2D eigenvalue weighted by Gasteiger charge is 2.18. The van der Waals surface area contributed by atoms with Crippen molar-refractivity contribution in [1.82, 2.24) is 5.32 Å². The molecule has 4 nitrogen and oxygen atoms in total. The molecule has 24 heavy (non-hydrogen) atoms. The zero-order valence-corrected chi connectivity index (χ0v) is 15.3. The minimum absolute atomic E-state index is 0.0598. The topological polar surface area (TPSA) is 49.4 Å². The van der Waals surface area contributed by atoms with Crippen LogP contribution in [0.3, 0.4) is 0 Å². The lowest BCUT2D eigenvalue weighted by Gasteiger charge is -2.22. The zero-order valence-electron chi connectivity index (χ0n) is 13.8. The summed E-state index contributed by atoms with van der Waals surface area (Å²) in [7, 11) is 0. The second-order valence-electron chi connectivity index (χ2n) is 5.91. The summed E-state index contributed by atoms with van der Waals surface area (Å²) < 4.78 is 0. The first-order chi connectivity index (χ1) is 11.5. The molecule has 130 valence electrons. The number of halogens is 2. The number of allylic oxidation sites excluding steroid dienone is 1. The van der Waals surface area contributed by atoms with Gasteiger partial charge in [0.2, 0.25) is 11.8 Å². The first-order valence-electron chi connectivity index (χ1n) is 8.15. The van der Waals surface area contributed by atoms with Gasteiger partial charge in [0.15, 0.2) is 0 Å². The van der Waals surface area contributed by atoms with E-state index in [0.29, 0.717) is 22.3 Å². The summed E-state index contributed by atoms with van der Waals surface area (Å²) in [5, 5.41) is 3.70. The number of rotatable bonds is 6. The van der Waals surface area contributed by atoms with Crippen LogP contribution in [0.1, 0.15) is 39.0 Å². The maximum Gasteiger partial charge on any atom is 0.240 e. The molecule has 0 radical (unpaired) electrons. The lowest BCUT2D eigenvalue weighted by molar-refractivity contribution is -0.123. The van der Waals surface area contributed by atoms with E-state index in [4.69, 9.17) is 23.2 Å². The number of nitrogens with one attached hydrogen (secondary N) is 1. The van der Waals surface area contributed by atoms with Crippen LogP contribution in [0, 0.1) is 0 Å². The van der Waals surface area contributed by atoms with Crippen molar-refractivity contribution >= 4 is 40.7 Å². The third-order valence-corrected chi connectivity index (χ3v) is 4.57. The predicted molar refractivity (Wildman–Crippen MR) is 98.7 cm³/mol. The standard InChI is InChI=1S/C18H22Cl2N2O2/c1-13(23)22(17-8-7-15(19)11-16(17)20)12-18(24)21-10-9-14-5-3-2-4-6-14/h5,7-8,11H,2-4,6,9-10,12H2,1H3,(H,21,24). The van der Waals surface area contributed by atoms with E-state index >= 15 is 0 Å². The summed E-state index contributed by atoms with van der Waals surface area (Å²) in [6.45, 7) is 1.94. The number of carbonyl (C=O) groups excluding carboxylic acids is 2. The van der Waals surface area contributed by atoms with Crippen LogP contribution < -0.4 is 10.2 Å². The van der Waals surface area contributed by atoms with Gasteiger partial charge in [-0.05, 0) is 50.3 Å². The van der Waals surface area contributed by atoms with Gasteiger partial charge in [0.05, 0.1) is 10.7 Å². The lowest BCUT2D eigenvalue weighted by Crippen LogP contribution is -2.40. The summed E-state index contributed by atoms with van der Waals surface area (Å²) in [6.07, 6.45) is 7.88. The van der Waals surface area contributed by atoms with Gasteiger partial charge in [0, 0.05) is 18.5 Å². The first-order valence-corrected chi connectivity index (χ1v) is 8.90. The molecule has 1 N–H and O–H groups in total. The second-order valence-corrected chi connectivity index (χ2v) is 6.75. The van der Waals surface area contributed by atoms with Crippen LogP contribution in [0.4, 0.5) is 5.69 Å². The quantitative estimate of drug-likeness (QED) is 0.758. The Morgan fingerprint density at radius 3 is 2.67 bits per heavy atom. The molecule has 6 heteroatoms. The largest absolute Gasteiger partial charge is 0.354 e. The third-order valence-electron chi connectivity index (χ3n) is 4.04. The summed E-state index contributed by atoms with van der Waals surface area (Å²) >= 11 is 12.0. The Kier molecular flexibility index (Phi) is 7.13. The van der Waals surface area contributed by atoms with Crippen molar-refractivity contribution in [2.45, 2.75) is 39.0 Å². The van der Waals surface area contributed by atoms with Gasteiger partial charge in [-0.1, -0.05) is 34.9 Å². The second kappa shape index (κ2) is 9.09. The summed E-state index contributed by atoms with van der Waals surface area (Å²) in [4.78, 5) is 25.4. The molecule has 0 atom stereocenters. The molecule has 1 aliphatic carbocycles. The monoisotopic (exact) mass is 368 g/mol. The molecule has 0 aliphatic heterocycles. The van der Waals surface area contributed by atoms with Crippen molar-refractivity contribution in [1.29, 1.82) is 0 Å². The molecule has 0 spiro atoms. The van der Waals surface area contributed by atoms with Gasteiger partial charge in [-0.2, -0.15) is 0 Å². The molecule has 1 aromatic rings. The highest BCUT2D eigenvalue weighted by Crippen LogP contribution is 2.28. The molecule has 0 unspecified atom stereocenters. The number of anilines is 1. The van der Waals surface area contributed by atoms with Crippen molar-refractivity contribution in [2.24, 2.45) is 0 Å². The van der Waals surface area contributed by atoms with Crippen molar-refractivity contribution in [3.63, 3.8) is 0 Å². The normalized spacial score (nSPS) is 14.0. The van der Waals surface area contributed by atoms with Crippen LogP contribution in [0.2, 0.25) is 10.0 Å². The van der Waals surface area contributed by atoms with Gasteiger partial charge in [0.25, 0.3) is 0 Å². The Bertz CT molecular complexity index is 644. The number of hydrogen-bond donors (Lipinski definition) is 1. The molecule has 2 rings (SSSR count). The molecule has 0 heterocycles. The van der Waals surface area contributed by atoms with Gasteiger partial charge in [-0.25, -0.2) is 0 Å². The Hall–Kier alpha value is -1.52. The minimum Gasteiger partial charge on any atom is -0.354 e. The molecule has 1 aliphatic rings. The maximum absolute atomic E-state index is 12.2. The number of benzene rings is 1. The van der Waals surface area contributed by atoms with Crippen molar-refractivity contribution in [3.8, 4) is 0 Å². The number of carbonyl (C=O) groups is 2. The molecular weight excluding hydrogens is 347 g/mol. The van der Waals surface area contributed by atoms with E-state index in [9.17, 15) is 9.59 Å². The molecule has 0 saturated heterocycles. The Morgan fingerprint density at radius 2 is 2.04 bits per heavy atom. The van der Waals surface area contributed by atoms with Gasteiger partial charge >= 0.3 is 0 Å². The van der Waals surface area contributed by atoms with Crippen molar-refractivity contribution < 1.29 is 9.59 Å². The summed E-state index contributed by atoms with van der Waals surface area (Å²) in [5.74, 6) is -0.447. The predicted octanol–water partition coefficient (Wildman–Crippen LogP) is 4.35. The Labute approximate surface area is 152 Å². The molecular formula is C18H22Cl2N2O2. The van der Waals surface area contributed by atoms with E-state index in [1.54, 1.807) is 18.2 Å². The SMILES string of the molecule is CC(=O)N(CC(=O)NCCC1=CCCCC1)c1ccc(Cl)cc1Cl. The number of hydrogen-bond acceptors (Lipinski definition) is 2. The Morgan fingerprint density at radius 1 is 1.25 bits per heavy atom. The van der Waals surface area contributed by atoms with Crippen LogP contribution in [0.25, 0.3) is 0 Å². The van der Waals surface area contributed by atoms with Crippen LogP contribution in [-0.2, 0) is 9.59 Å². The molecule has 0 fully saturated rings. The minimum atomic E-state index is -0.246. The van der Waals surface area contributed by atoms with Gasteiger partial charge in [0.1, 0.15) is 6.54 Å². The third kappa shape index (κ3) is 5.53. The summed E-state index contributed by atoms with van der Waals surface area (Å²) in [6, 6.07) is 4.85. The first kappa shape index (κ1) is 18.8. The number of amides is 2. The Balaban J connectivity index is 1.91. The van der Waals surface area contributed by atoms with E-state index in [2.05, 4.69) is 11.4 Å². The lowest BCUT2D eigenvalue weighted by atomic mass is 9.97. The van der Waals surface area contributed by atoms with Crippen molar-refractivity contribution in [2.75, 3.05) is 18.0 Å². The highest BCUT2D eigenvalue weighted by atomic mass is 35.5. The van der Waals surface area contributed by atoms with E-state index in [1.807, 2.05) is 0 Å². The average molecular weight is 369 g/mol. The van der Waals surface area contributed by atoms with Crippen LogP contribution in [-0.4, -0.2) is 24.9 Å². The van der Waals surface area contributed by atoms with E-state index < -0.39 is 0 Å². The van der Waals surface area contributed by atoms with E-state index in [1.165, 1.54) is 30.2 Å². The zero-order chi connectivity index (χ0) is 17.5. The molecule has 0 saturated carbocycles. The van der Waals surface area contributed by atoms with Crippen molar-refractivity contribution in [3.05, 3.63) is 39.9 Å². The van der Waals surface area contributed by atoms with E-state index in [-0.39, 0.29) is 18.4 Å². The highest BCUT2D eigenvalue weighted by molar-refractivity contribution is 6.36. The van der Waals surface area contributed by atoms with Gasteiger partial charge < -0.3 is 10.2 Å². The smallest absolute Gasteiger partial charge is 0.240 e. The fraction of sp³-hybridized carbons (Fsp3) is 0.444. The summed E-state index contributed by atoms with van der Waals surface area (Å²) in [5.41, 5.74) is 1.89. The maximum atomic E-state index is 12.2. The van der Waals surface area contributed by atoms with Crippen LogP contribution >= 0.6 is 23.2 Å². The molecule has 2 amide bonds. The number of nitrogens with zero attached hydrogens (tertiary/aromatic N) is 1. The fourth-order valence-corrected chi connectivity index (χ4v) is 3.27. The molecule has 1 aromatic carbocycles. The average Bonchev–Trinajstić information content (AvgIpc) is 2.54.